The van der Waals surface area contributed by atoms with Crippen LogP contribution in [0.5, 0.6) is 5.75 Å². The number of nitrogens with one attached hydrogen (secondary N) is 1. The zero-order chi connectivity index (χ0) is 16.5. The number of rotatable bonds is 4. The molecule has 0 fully saturated rings. The summed E-state index contributed by atoms with van der Waals surface area (Å²) in [7, 11) is 1.63. The van der Waals surface area contributed by atoms with Gasteiger partial charge in [0, 0.05) is 12.4 Å². The standard InChI is InChI=1S/C16H14N6O2/c1-24-12-4-2-11(3-5-12)8-22-9-13-14(20-22)15(23)19-16(18-13)21-7-6-17-10-21/h2-7,9-10H,8H2,1H3,(H,18,19,23). The Balaban J connectivity index is 1.69. The Kier molecular flexibility index (Phi) is 3.34. The molecule has 0 amide bonds. The Bertz CT molecular complexity index is 1030. The van der Waals surface area contributed by atoms with E-state index >= 15 is 0 Å². The number of benzene rings is 1. The molecule has 4 rings (SSSR count). The normalized spacial score (nSPS) is 11.0. The number of H-pyrrole nitrogens is 1. The van der Waals surface area contributed by atoms with Crippen LogP contribution >= 0.6 is 0 Å². The van der Waals surface area contributed by atoms with Crippen molar-refractivity contribution in [2.24, 2.45) is 0 Å². The molecule has 4 aromatic rings. The lowest BCUT2D eigenvalue weighted by Crippen LogP contribution is -2.12. The lowest BCUT2D eigenvalue weighted by atomic mass is 10.2. The molecule has 0 aliphatic rings. The Labute approximate surface area is 136 Å². The fourth-order valence-electron chi connectivity index (χ4n) is 2.46. The van der Waals surface area contributed by atoms with Crippen LogP contribution in [0.1, 0.15) is 5.56 Å². The van der Waals surface area contributed by atoms with Gasteiger partial charge in [-0.25, -0.2) is 9.97 Å². The molecule has 24 heavy (non-hydrogen) atoms. The van der Waals surface area contributed by atoms with Gasteiger partial charge in [0.25, 0.3) is 5.56 Å². The molecule has 120 valence electrons. The zero-order valence-corrected chi connectivity index (χ0v) is 12.9. The van der Waals surface area contributed by atoms with E-state index in [0.29, 0.717) is 23.5 Å². The summed E-state index contributed by atoms with van der Waals surface area (Å²) in [5.74, 6) is 1.21. The van der Waals surface area contributed by atoms with Crippen LogP contribution in [0.25, 0.3) is 17.0 Å². The summed E-state index contributed by atoms with van der Waals surface area (Å²) >= 11 is 0. The van der Waals surface area contributed by atoms with Gasteiger partial charge in [-0.3, -0.25) is 19.0 Å². The van der Waals surface area contributed by atoms with Gasteiger partial charge in [0.15, 0.2) is 5.52 Å². The van der Waals surface area contributed by atoms with Crippen LogP contribution in [-0.2, 0) is 6.54 Å². The van der Waals surface area contributed by atoms with Crippen LogP contribution in [0.15, 0.2) is 54.0 Å². The molecule has 8 heteroatoms. The lowest BCUT2D eigenvalue weighted by molar-refractivity contribution is 0.414. The maximum atomic E-state index is 12.2. The maximum absolute atomic E-state index is 12.2. The first kappa shape index (κ1) is 14.2. The summed E-state index contributed by atoms with van der Waals surface area (Å²) in [4.78, 5) is 23.3. The molecular formula is C16H14N6O2. The monoisotopic (exact) mass is 322 g/mol. The third kappa shape index (κ3) is 2.54. The van der Waals surface area contributed by atoms with E-state index < -0.39 is 0 Å². The van der Waals surface area contributed by atoms with Crippen molar-refractivity contribution in [2.75, 3.05) is 7.11 Å². The van der Waals surface area contributed by atoms with Crippen LogP contribution in [0.4, 0.5) is 0 Å². The van der Waals surface area contributed by atoms with E-state index in [1.807, 2.05) is 24.3 Å². The number of hydrogen-bond donors (Lipinski definition) is 1. The van der Waals surface area contributed by atoms with Gasteiger partial charge in [0.05, 0.1) is 19.9 Å². The van der Waals surface area contributed by atoms with Gasteiger partial charge < -0.3 is 4.74 Å². The molecule has 0 atom stereocenters. The highest BCUT2D eigenvalue weighted by Crippen LogP contribution is 2.13. The van der Waals surface area contributed by atoms with Crippen molar-refractivity contribution in [3.8, 4) is 11.7 Å². The summed E-state index contributed by atoms with van der Waals surface area (Å²) in [6.07, 6.45) is 6.67. The van der Waals surface area contributed by atoms with Crippen LogP contribution in [-0.4, -0.2) is 36.4 Å². The smallest absolute Gasteiger partial charge is 0.280 e. The number of imidazole rings is 1. The number of ether oxygens (including phenoxy) is 1. The van der Waals surface area contributed by atoms with Crippen molar-refractivity contribution in [1.29, 1.82) is 0 Å². The molecule has 0 spiro atoms. The lowest BCUT2D eigenvalue weighted by Gasteiger charge is -2.03. The molecule has 0 saturated carbocycles. The Morgan fingerprint density at radius 2 is 2.08 bits per heavy atom. The van der Waals surface area contributed by atoms with Gasteiger partial charge in [-0.15, -0.1) is 0 Å². The number of methoxy groups -OCH3 is 1. The molecule has 0 saturated heterocycles. The van der Waals surface area contributed by atoms with Gasteiger partial charge in [0.1, 0.15) is 17.6 Å². The molecule has 0 bridgehead atoms. The predicted molar refractivity (Wildman–Crippen MR) is 87.4 cm³/mol. The Morgan fingerprint density at radius 3 is 2.79 bits per heavy atom. The van der Waals surface area contributed by atoms with Gasteiger partial charge in [-0.05, 0) is 17.7 Å². The fraction of sp³-hybridized carbons (Fsp3) is 0.125. The SMILES string of the molecule is COc1ccc(Cn2cc3nc(-n4ccnc4)[nH]c(=O)c3n2)cc1. The highest BCUT2D eigenvalue weighted by Gasteiger charge is 2.10. The predicted octanol–water partition coefficient (Wildman–Crippen LogP) is 1.36. The van der Waals surface area contributed by atoms with Crippen molar-refractivity contribution in [3.63, 3.8) is 0 Å². The van der Waals surface area contributed by atoms with E-state index in [1.54, 1.807) is 41.3 Å². The highest BCUT2D eigenvalue weighted by molar-refractivity contribution is 5.72. The van der Waals surface area contributed by atoms with E-state index in [9.17, 15) is 4.79 Å². The topological polar surface area (TPSA) is 90.6 Å². The number of nitrogens with zero attached hydrogens (tertiary/aromatic N) is 5. The number of fused-ring (bicyclic) bond motifs is 1. The van der Waals surface area contributed by atoms with Crippen LogP contribution in [0, 0.1) is 0 Å². The molecule has 3 aromatic heterocycles. The van der Waals surface area contributed by atoms with E-state index in [1.165, 1.54) is 0 Å². The zero-order valence-electron chi connectivity index (χ0n) is 12.9. The molecule has 0 radical (unpaired) electrons. The summed E-state index contributed by atoms with van der Waals surface area (Å²) in [6, 6.07) is 7.70. The second-order valence-electron chi connectivity index (χ2n) is 5.27. The van der Waals surface area contributed by atoms with Crippen molar-refractivity contribution >= 4 is 11.0 Å². The molecule has 1 N–H and O–H groups in total. The number of hydrogen-bond acceptors (Lipinski definition) is 5. The average Bonchev–Trinajstić information content (AvgIpc) is 3.25. The molecule has 8 nitrogen and oxygen atoms in total. The highest BCUT2D eigenvalue weighted by atomic mass is 16.5. The maximum Gasteiger partial charge on any atom is 0.280 e. The van der Waals surface area contributed by atoms with E-state index in [4.69, 9.17) is 4.74 Å². The molecule has 0 aliphatic carbocycles. The molecule has 1 aromatic carbocycles. The minimum absolute atomic E-state index is 0.280. The van der Waals surface area contributed by atoms with E-state index in [-0.39, 0.29) is 5.56 Å². The second kappa shape index (κ2) is 5.65. The molecule has 0 unspecified atom stereocenters. The quantitative estimate of drug-likeness (QED) is 0.612. The Morgan fingerprint density at radius 1 is 1.25 bits per heavy atom. The van der Waals surface area contributed by atoms with Gasteiger partial charge >= 0.3 is 0 Å². The average molecular weight is 322 g/mol. The first-order chi connectivity index (χ1) is 11.7. The van der Waals surface area contributed by atoms with Crippen molar-refractivity contribution < 1.29 is 4.74 Å². The molecule has 3 heterocycles. The first-order valence-electron chi connectivity index (χ1n) is 7.32. The summed E-state index contributed by atoms with van der Waals surface area (Å²) in [5.41, 5.74) is 1.62. The van der Waals surface area contributed by atoms with E-state index in [2.05, 4.69) is 20.1 Å². The van der Waals surface area contributed by atoms with Crippen LogP contribution in [0.3, 0.4) is 0 Å². The van der Waals surface area contributed by atoms with Crippen molar-refractivity contribution in [1.82, 2.24) is 29.3 Å². The second-order valence-corrected chi connectivity index (χ2v) is 5.27. The number of aromatic amines is 1. The van der Waals surface area contributed by atoms with Gasteiger partial charge in [-0.1, -0.05) is 12.1 Å². The largest absolute Gasteiger partial charge is 0.497 e. The minimum Gasteiger partial charge on any atom is -0.497 e. The van der Waals surface area contributed by atoms with Crippen LogP contribution in [0.2, 0.25) is 0 Å². The first-order valence-corrected chi connectivity index (χ1v) is 7.32. The minimum atomic E-state index is -0.280. The van der Waals surface area contributed by atoms with E-state index in [0.717, 1.165) is 11.3 Å². The third-order valence-electron chi connectivity index (χ3n) is 3.66. The van der Waals surface area contributed by atoms with Crippen molar-refractivity contribution in [3.05, 3.63) is 65.1 Å². The third-order valence-corrected chi connectivity index (χ3v) is 3.66. The number of aromatic nitrogens is 6. The van der Waals surface area contributed by atoms with Crippen molar-refractivity contribution in [2.45, 2.75) is 6.54 Å². The fourth-order valence-corrected chi connectivity index (χ4v) is 2.46. The molecular weight excluding hydrogens is 308 g/mol. The summed E-state index contributed by atoms with van der Waals surface area (Å²) < 4.78 is 8.49. The van der Waals surface area contributed by atoms with Crippen LogP contribution < -0.4 is 10.3 Å². The Hall–Kier alpha value is -3.42. The van der Waals surface area contributed by atoms with Gasteiger partial charge in [-0.2, -0.15) is 5.10 Å². The summed E-state index contributed by atoms with van der Waals surface area (Å²) in [6.45, 7) is 0.542. The summed E-state index contributed by atoms with van der Waals surface area (Å²) in [5, 5.41) is 4.33. The van der Waals surface area contributed by atoms with Gasteiger partial charge in [0.2, 0.25) is 5.95 Å². The molecule has 0 aliphatic heterocycles.